The van der Waals surface area contributed by atoms with Gasteiger partial charge in [-0.3, -0.25) is 4.79 Å². The van der Waals surface area contributed by atoms with Crippen LogP contribution in [-0.2, 0) is 14.3 Å². The van der Waals surface area contributed by atoms with Gasteiger partial charge < -0.3 is 29.9 Å². The first-order valence-corrected chi connectivity index (χ1v) is 19.6. The van der Waals surface area contributed by atoms with Crippen LogP contribution < -0.4 is 0 Å². The van der Waals surface area contributed by atoms with Gasteiger partial charge in [0.25, 0.3) is 0 Å². The third-order valence-electron chi connectivity index (χ3n) is 10.8. The van der Waals surface area contributed by atoms with Gasteiger partial charge in [0.15, 0.2) is 5.78 Å². The Kier molecular flexibility index (Phi) is 19.6. The van der Waals surface area contributed by atoms with E-state index in [0.717, 1.165) is 77.0 Å². The number of allylic oxidation sites excluding steroid dienone is 1. The summed E-state index contributed by atoms with van der Waals surface area (Å²) in [5, 5.41) is 42.4. The summed E-state index contributed by atoms with van der Waals surface area (Å²) in [7, 11) is 0. The molecular formula is C39H69FO7. The molecule has 0 bridgehead atoms. The van der Waals surface area contributed by atoms with E-state index < -0.39 is 30.6 Å². The number of aliphatic hydroxyl groups is 4. The fourth-order valence-corrected chi connectivity index (χ4v) is 7.81. The van der Waals surface area contributed by atoms with Gasteiger partial charge in [-0.2, -0.15) is 0 Å². The van der Waals surface area contributed by atoms with E-state index in [4.69, 9.17) is 9.47 Å². The minimum absolute atomic E-state index is 0.0852. The summed E-state index contributed by atoms with van der Waals surface area (Å²) in [6.45, 7) is 4.22. The largest absolute Gasteiger partial charge is 0.393 e. The Hall–Kier alpha value is -0.900. The molecule has 2 saturated heterocycles. The van der Waals surface area contributed by atoms with Crippen molar-refractivity contribution in [3.63, 3.8) is 0 Å². The van der Waals surface area contributed by atoms with Gasteiger partial charge in [0.1, 0.15) is 6.17 Å². The van der Waals surface area contributed by atoms with Crippen LogP contribution in [0.15, 0.2) is 11.6 Å². The molecule has 0 aromatic carbocycles. The molecule has 47 heavy (non-hydrogen) atoms. The molecule has 4 N–H and O–H groups in total. The summed E-state index contributed by atoms with van der Waals surface area (Å²) in [6, 6.07) is 0. The number of carbonyl (C=O) groups is 1. The van der Waals surface area contributed by atoms with E-state index >= 15 is 0 Å². The predicted molar refractivity (Wildman–Crippen MR) is 185 cm³/mol. The SMILES string of the molecule is CCCCCCCCCC[C@H](O)[C@H]1CC[C@@H]([C@@H](O)CC[C@H](O)[C@@H]2CC[C@@H](CCCCCCC([18F])C[C@@H](O)CC3=C[C@H](C)CC3=O)O2)O1. The fraction of sp³-hybridized carbons (Fsp3) is 0.923. The lowest BCUT2D eigenvalue weighted by molar-refractivity contribution is -0.115. The maximum Gasteiger partial charge on any atom is 0.159 e. The number of halogens is 1. The van der Waals surface area contributed by atoms with Gasteiger partial charge >= 0.3 is 0 Å². The molecule has 10 atom stereocenters. The second kappa shape index (κ2) is 22.7. The highest BCUT2D eigenvalue weighted by Gasteiger charge is 2.36. The topological polar surface area (TPSA) is 116 Å². The summed E-state index contributed by atoms with van der Waals surface area (Å²) in [5.74, 6) is 0.305. The molecule has 2 fully saturated rings. The predicted octanol–water partition coefficient (Wildman–Crippen LogP) is 7.83. The number of hydrogen-bond acceptors (Lipinski definition) is 7. The molecule has 3 aliphatic rings. The minimum atomic E-state index is -1.05. The fourth-order valence-electron chi connectivity index (χ4n) is 7.81. The van der Waals surface area contributed by atoms with Gasteiger partial charge in [-0.1, -0.05) is 97.0 Å². The van der Waals surface area contributed by atoms with Crippen LogP contribution in [0.4, 0.5) is 4.39 Å². The molecular weight excluding hydrogens is 598 g/mol. The average Bonchev–Trinajstić information content (AvgIpc) is 3.79. The number of aliphatic hydroxyl groups excluding tert-OH is 4. The van der Waals surface area contributed by atoms with Crippen LogP contribution in [-0.4, -0.2) is 81.2 Å². The Bertz CT molecular complexity index is 883. The normalized spacial score (nSPS) is 28.0. The van der Waals surface area contributed by atoms with E-state index in [2.05, 4.69) is 6.92 Å². The lowest BCUT2D eigenvalue weighted by Gasteiger charge is -2.24. The van der Waals surface area contributed by atoms with E-state index in [-0.39, 0.29) is 49.0 Å². The number of Topliss-reactive ketones (excluding diaryl/α,β-unsaturated/α-hetero) is 1. The van der Waals surface area contributed by atoms with Crippen LogP contribution in [0, 0.1) is 5.92 Å². The van der Waals surface area contributed by atoms with E-state index in [0.29, 0.717) is 31.3 Å². The Morgan fingerprint density at radius 3 is 1.87 bits per heavy atom. The Labute approximate surface area is 285 Å². The van der Waals surface area contributed by atoms with Crippen molar-refractivity contribution in [1.82, 2.24) is 0 Å². The number of ketones is 1. The van der Waals surface area contributed by atoms with Crippen LogP contribution in [0.1, 0.15) is 168 Å². The monoisotopic (exact) mass is 668 g/mol. The molecule has 0 aromatic heterocycles. The van der Waals surface area contributed by atoms with E-state index in [1.54, 1.807) is 0 Å². The van der Waals surface area contributed by atoms with Gasteiger partial charge in [0.05, 0.1) is 48.8 Å². The van der Waals surface area contributed by atoms with Gasteiger partial charge in [0, 0.05) is 19.3 Å². The highest BCUT2D eigenvalue weighted by atomic mass is 18.2. The number of carbonyl (C=O) groups excluding carboxylic acids is 1. The van der Waals surface area contributed by atoms with Crippen LogP contribution in [0.3, 0.4) is 0 Å². The molecule has 1 aliphatic carbocycles. The molecule has 0 saturated carbocycles. The van der Waals surface area contributed by atoms with Gasteiger partial charge in [0.2, 0.25) is 0 Å². The third-order valence-corrected chi connectivity index (χ3v) is 10.8. The second-order valence-corrected chi connectivity index (χ2v) is 15.2. The first kappa shape index (κ1) is 40.5. The molecule has 274 valence electrons. The molecule has 0 radical (unpaired) electrons. The van der Waals surface area contributed by atoms with Crippen molar-refractivity contribution >= 4 is 5.78 Å². The zero-order valence-electron chi connectivity index (χ0n) is 29.7. The van der Waals surface area contributed by atoms with Crippen molar-refractivity contribution in [3.8, 4) is 0 Å². The Balaban J connectivity index is 1.17. The van der Waals surface area contributed by atoms with E-state index in [9.17, 15) is 29.6 Å². The highest BCUT2D eigenvalue weighted by Crippen LogP contribution is 2.31. The van der Waals surface area contributed by atoms with Crippen LogP contribution >= 0.6 is 0 Å². The Morgan fingerprint density at radius 1 is 0.723 bits per heavy atom. The van der Waals surface area contributed by atoms with Crippen molar-refractivity contribution in [3.05, 3.63) is 11.6 Å². The van der Waals surface area contributed by atoms with Crippen molar-refractivity contribution in [2.45, 2.75) is 223 Å². The second-order valence-electron chi connectivity index (χ2n) is 15.2. The molecule has 2 aliphatic heterocycles. The molecule has 0 aromatic rings. The van der Waals surface area contributed by atoms with Gasteiger partial charge in [-0.05, 0) is 69.3 Å². The summed E-state index contributed by atoms with van der Waals surface area (Å²) < 4.78 is 26.6. The molecule has 0 amide bonds. The summed E-state index contributed by atoms with van der Waals surface area (Å²) >= 11 is 0. The number of alkyl halides is 1. The van der Waals surface area contributed by atoms with Crippen molar-refractivity contribution in [2.24, 2.45) is 5.92 Å². The number of unbranched alkanes of at least 4 members (excludes halogenated alkanes) is 10. The first-order valence-electron chi connectivity index (χ1n) is 19.6. The maximum absolute atomic E-state index is 14.4. The van der Waals surface area contributed by atoms with Crippen LogP contribution in [0.25, 0.3) is 0 Å². The molecule has 2 heterocycles. The van der Waals surface area contributed by atoms with E-state index in [1.165, 1.54) is 38.5 Å². The standard InChI is InChI=1S/C39H69FO7/c1-3-4-5-6-7-8-9-14-17-33(42)38-22-23-39(47-38)35(44)20-19-34(43)37-21-18-32(46-37)16-13-11-10-12-15-30(40)27-31(41)26-29-24-28(2)25-36(29)45/h24,28,30-35,37-39,41-44H,3-23,25-27H2,1-2H3/t28-,30?,31-,32+,33-,34-,35-,37-,38+,39-/m0/s1/i40-1. The van der Waals surface area contributed by atoms with E-state index in [1.807, 2.05) is 13.0 Å². The molecule has 7 nitrogen and oxygen atoms in total. The van der Waals surface area contributed by atoms with Crippen LogP contribution in [0.5, 0.6) is 0 Å². The van der Waals surface area contributed by atoms with Crippen molar-refractivity contribution < 1.29 is 39.1 Å². The smallest absolute Gasteiger partial charge is 0.159 e. The highest BCUT2D eigenvalue weighted by molar-refractivity contribution is 5.97. The molecule has 0 spiro atoms. The van der Waals surface area contributed by atoms with Crippen molar-refractivity contribution in [1.29, 1.82) is 0 Å². The zero-order valence-corrected chi connectivity index (χ0v) is 29.7. The van der Waals surface area contributed by atoms with Crippen LogP contribution in [0.2, 0.25) is 0 Å². The minimum Gasteiger partial charge on any atom is -0.393 e. The lowest BCUT2D eigenvalue weighted by Crippen LogP contribution is -2.33. The summed E-state index contributed by atoms with van der Waals surface area (Å²) in [4.78, 5) is 11.9. The molecule has 8 heteroatoms. The zero-order chi connectivity index (χ0) is 34.0. The Morgan fingerprint density at radius 2 is 1.26 bits per heavy atom. The quantitative estimate of drug-likeness (QED) is 0.0695. The molecule has 1 unspecified atom stereocenters. The van der Waals surface area contributed by atoms with Gasteiger partial charge in [-0.25, -0.2) is 4.39 Å². The number of rotatable bonds is 26. The lowest BCUT2D eigenvalue weighted by atomic mass is 9.98. The van der Waals surface area contributed by atoms with Crippen molar-refractivity contribution in [2.75, 3.05) is 0 Å². The van der Waals surface area contributed by atoms with Gasteiger partial charge in [-0.15, -0.1) is 0 Å². The number of ether oxygens (including phenoxy) is 2. The summed E-state index contributed by atoms with van der Waals surface area (Å²) in [6.07, 6.45) is 18.6. The maximum atomic E-state index is 14.4. The number of hydrogen-bond donors (Lipinski definition) is 4. The first-order chi connectivity index (χ1) is 22.7. The third kappa shape index (κ3) is 15.7. The average molecular weight is 668 g/mol. The molecule has 3 rings (SSSR count). The summed E-state index contributed by atoms with van der Waals surface area (Å²) in [5.41, 5.74) is 0.659.